The van der Waals surface area contributed by atoms with Gasteiger partial charge in [0.2, 0.25) is 0 Å². The first-order chi connectivity index (χ1) is 16.3. The summed E-state index contributed by atoms with van der Waals surface area (Å²) < 4.78 is 40.5. The zero-order valence-electron chi connectivity index (χ0n) is 18.9. The number of ether oxygens (including phenoxy) is 2. The van der Waals surface area contributed by atoms with E-state index in [4.69, 9.17) is 14.6 Å². The molecule has 2 heterocycles. The Hall–Kier alpha value is -3.57. The van der Waals surface area contributed by atoms with Crippen molar-refractivity contribution in [2.45, 2.75) is 24.2 Å². The molecule has 1 fully saturated rings. The van der Waals surface area contributed by atoms with Crippen molar-refractivity contribution in [2.24, 2.45) is 0 Å². The molecule has 34 heavy (non-hydrogen) atoms. The second-order valence-electron chi connectivity index (χ2n) is 7.94. The van der Waals surface area contributed by atoms with Gasteiger partial charge in [0, 0.05) is 32.4 Å². The summed E-state index contributed by atoms with van der Waals surface area (Å²) in [4.78, 5) is 12.3. The normalized spacial score (nSPS) is 14.1. The van der Waals surface area contributed by atoms with Crippen LogP contribution in [-0.2, 0) is 23.1 Å². The highest BCUT2D eigenvalue weighted by Gasteiger charge is 2.34. The Bertz CT molecular complexity index is 1190. The molecule has 0 bridgehead atoms. The van der Waals surface area contributed by atoms with Gasteiger partial charge in [-0.15, -0.1) is 0 Å². The quantitative estimate of drug-likeness (QED) is 0.495. The van der Waals surface area contributed by atoms with Gasteiger partial charge in [0.25, 0.3) is 10.0 Å². The molecule has 10 nitrogen and oxygen atoms in total. The number of sulfonamides is 1. The fourth-order valence-corrected chi connectivity index (χ4v) is 5.00. The molecule has 1 aliphatic heterocycles. The SMILES string of the molecule is COc1ccc(CN(Cc2ccc(OC)cc2)S(=O)(=O)c2ccn(C3CN(C(=O)O)C3)n2)cc1. The Kier molecular flexibility index (Phi) is 6.75. The molecule has 1 amide bonds. The number of benzene rings is 2. The van der Waals surface area contributed by atoms with Crippen molar-refractivity contribution < 1.29 is 27.8 Å². The third-order valence-corrected chi connectivity index (χ3v) is 7.42. The minimum Gasteiger partial charge on any atom is -0.497 e. The monoisotopic (exact) mass is 486 g/mol. The van der Waals surface area contributed by atoms with Crippen LogP contribution in [0.15, 0.2) is 65.8 Å². The van der Waals surface area contributed by atoms with E-state index in [9.17, 15) is 13.2 Å². The van der Waals surface area contributed by atoms with Gasteiger partial charge in [-0.05, 0) is 41.5 Å². The minimum absolute atomic E-state index is 0.0803. The van der Waals surface area contributed by atoms with Crippen LogP contribution in [0, 0.1) is 0 Å². The van der Waals surface area contributed by atoms with Gasteiger partial charge >= 0.3 is 6.09 Å². The number of carbonyl (C=O) groups is 1. The number of amides is 1. The molecule has 3 aromatic rings. The predicted octanol–water partition coefficient (Wildman–Crippen LogP) is 2.83. The smallest absolute Gasteiger partial charge is 0.407 e. The lowest BCUT2D eigenvalue weighted by atomic mass is 10.1. The second-order valence-corrected chi connectivity index (χ2v) is 9.83. The van der Waals surface area contributed by atoms with Crippen LogP contribution >= 0.6 is 0 Å². The summed E-state index contributed by atoms with van der Waals surface area (Å²) in [6.07, 6.45) is 0.580. The van der Waals surface area contributed by atoms with Crippen LogP contribution in [0.25, 0.3) is 0 Å². The zero-order valence-corrected chi connectivity index (χ0v) is 19.7. The van der Waals surface area contributed by atoms with Gasteiger partial charge in [-0.2, -0.15) is 9.40 Å². The van der Waals surface area contributed by atoms with Crippen molar-refractivity contribution >= 4 is 16.1 Å². The fraction of sp³-hybridized carbons (Fsp3) is 0.304. The first-order valence-electron chi connectivity index (χ1n) is 10.6. The average molecular weight is 487 g/mol. The molecule has 1 saturated heterocycles. The molecular formula is C23H26N4O6S. The van der Waals surface area contributed by atoms with Crippen molar-refractivity contribution in [2.75, 3.05) is 27.3 Å². The number of aromatic nitrogens is 2. The Labute approximate surface area is 198 Å². The van der Waals surface area contributed by atoms with Gasteiger partial charge < -0.3 is 19.5 Å². The van der Waals surface area contributed by atoms with Gasteiger partial charge in [0.15, 0.2) is 5.03 Å². The van der Waals surface area contributed by atoms with Crippen LogP contribution < -0.4 is 9.47 Å². The van der Waals surface area contributed by atoms with Crippen LogP contribution in [0.1, 0.15) is 17.2 Å². The molecule has 1 aliphatic rings. The van der Waals surface area contributed by atoms with Crippen molar-refractivity contribution in [3.8, 4) is 11.5 Å². The fourth-order valence-electron chi connectivity index (χ4n) is 3.67. The van der Waals surface area contributed by atoms with Crippen molar-refractivity contribution in [3.05, 3.63) is 71.9 Å². The summed E-state index contributed by atoms with van der Waals surface area (Å²) in [5.74, 6) is 1.37. The summed E-state index contributed by atoms with van der Waals surface area (Å²) in [6.45, 7) is 0.832. The largest absolute Gasteiger partial charge is 0.497 e. The Balaban J connectivity index is 1.59. The second kappa shape index (κ2) is 9.74. The minimum atomic E-state index is -3.95. The number of rotatable bonds is 9. The third-order valence-electron chi connectivity index (χ3n) is 5.73. The molecule has 0 aliphatic carbocycles. The summed E-state index contributed by atoms with van der Waals surface area (Å²) in [7, 11) is -0.801. The van der Waals surface area contributed by atoms with E-state index in [1.54, 1.807) is 44.7 Å². The highest BCUT2D eigenvalue weighted by Crippen LogP contribution is 2.25. The first kappa shape index (κ1) is 23.6. The number of nitrogens with zero attached hydrogens (tertiary/aromatic N) is 4. The molecule has 2 aromatic carbocycles. The maximum Gasteiger partial charge on any atom is 0.407 e. The topological polar surface area (TPSA) is 114 Å². The predicted molar refractivity (Wildman–Crippen MR) is 123 cm³/mol. The van der Waals surface area contributed by atoms with Crippen LogP contribution in [0.3, 0.4) is 0 Å². The number of likely N-dealkylation sites (tertiary alicyclic amines) is 1. The van der Waals surface area contributed by atoms with E-state index in [1.165, 1.54) is 20.0 Å². The van der Waals surface area contributed by atoms with Crippen LogP contribution in [0.4, 0.5) is 4.79 Å². The maximum absolute atomic E-state index is 13.6. The Morgan fingerprint density at radius 3 is 1.91 bits per heavy atom. The molecule has 1 N–H and O–H groups in total. The number of methoxy groups -OCH3 is 2. The third kappa shape index (κ3) is 5.00. The molecule has 0 atom stereocenters. The van der Waals surface area contributed by atoms with E-state index in [1.807, 2.05) is 24.3 Å². The zero-order chi connectivity index (χ0) is 24.3. The number of hydrogen-bond acceptors (Lipinski definition) is 6. The van der Waals surface area contributed by atoms with Crippen LogP contribution in [-0.4, -0.2) is 65.9 Å². The van der Waals surface area contributed by atoms with E-state index >= 15 is 0 Å². The van der Waals surface area contributed by atoms with E-state index in [2.05, 4.69) is 5.10 Å². The van der Waals surface area contributed by atoms with Crippen LogP contribution in [0.5, 0.6) is 11.5 Å². The van der Waals surface area contributed by atoms with Gasteiger partial charge in [-0.1, -0.05) is 24.3 Å². The molecule has 4 rings (SSSR count). The van der Waals surface area contributed by atoms with E-state index in [0.717, 1.165) is 11.1 Å². The molecule has 0 spiro atoms. The van der Waals surface area contributed by atoms with Gasteiger partial charge in [0.05, 0.1) is 20.3 Å². The van der Waals surface area contributed by atoms with Crippen molar-refractivity contribution in [1.82, 2.24) is 19.0 Å². The molecular weight excluding hydrogens is 460 g/mol. The van der Waals surface area contributed by atoms with E-state index in [0.29, 0.717) is 11.5 Å². The highest BCUT2D eigenvalue weighted by atomic mass is 32.2. The van der Waals surface area contributed by atoms with E-state index < -0.39 is 16.1 Å². The highest BCUT2D eigenvalue weighted by molar-refractivity contribution is 7.89. The lowest BCUT2D eigenvalue weighted by molar-refractivity contribution is 0.0807. The van der Waals surface area contributed by atoms with E-state index in [-0.39, 0.29) is 37.2 Å². The molecule has 0 radical (unpaired) electrons. The summed E-state index contributed by atoms with van der Waals surface area (Å²) in [5, 5.41) is 13.2. The van der Waals surface area contributed by atoms with Gasteiger partial charge in [-0.25, -0.2) is 13.2 Å². The summed E-state index contributed by atoms with van der Waals surface area (Å²) >= 11 is 0. The molecule has 0 saturated carbocycles. The van der Waals surface area contributed by atoms with Crippen molar-refractivity contribution in [3.63, 3.8) is 0 Å². The average Bonchev–Trinajstić information content (AvgIpc) is 3.29. The van der Waals surface area contributed by atoms with Crippen LogP contribution in [0.2, 0.25) is 0 Å². The Morgan fingerprint density at radius 1 is 0.971 bits per heavy atom. The first-order valence-corrected chi connectivity index (χ1v) is 12.0. The number of carboxylic acid groups (broad SMARTS) is 1. The maximum atomic E-state index is 13.6. The lowest BCUT2D eigenvalue weighted by Gasteiger charge is -2.36. The standard InChI is InChI=1S/C23H26N4O6S/c1-32-20-7-3-17(4-8-20)13-26(14-18-5-9-21(33-2)10-6-18)34(30,31)22-11-12-27(24-22)19-15-25(16-19)23(28)29/h3-12,19H,13-16H2,1-2H3,(H,28,29). The molecule has 0 unspecified atom stereocenters. The van der Waals surface area contributed by atoms with Gasteiger partial charge in [0.1, 0.15) is 11.5 Å². The molecule has 11 heteroatoms. The number of hydrogen-bond donors (Lipinski definition) is 1. The Morgan fingerprint density at radius 2 is 1.47 bits per heavy atom. The summed E-state index contributed by atoms with van der Waals surface area (Å²) in [6, 6.07) is 15.7. The molecule has 180 valence electrons. The lowest BCUT2D eigenvalue weighted by Crippen LogP contribution is -2.50. The van der Waals surface area contributed by atoms with Crippen molar-refractivity contribution in [1.29, 1.82) is 0 Å². The molecule has 1 aromatic heterocycles. The van der Waals surface area contributed by atoms with Gasteiger partial charge in [-0.3, -0.25) is 4.68 Å². The summed E-state index contributed by atoms with van der Waals surface area (Å²) in [5.41, 5.74) is 1.60.